The fourth-order valence-electron chi connectivity index (χ4n) is 1.67. The van der Waals surface area contributed by atoms with Crippen molar-refractivity contribution >= 4 is 5.91 Å². The molecule has 1 heterocycles. The molecule has 0 aromatic carbocycles. The highest BCUT2D eigenvalue weighted by Crippen LogP contribution is 2.19. The fourth-order valence-corrected chi connectivity index (χ4v) is 1.67. The standard InChI is InChI=1S/C10H17F3N2O2/c1-7-8(2-3-17-7)4-15-9(16)5-14-6-10(11,12)13/h7-8,14H,2-6H2,1H3,(H,15,16). The van der Waals surface area contributed by atoms with Gasteiger partial charge in [0.05, 0.1) is 19.2 Å². The molecule has 1 aliphatic rings. The molecule has 0 aliphatic carbocycles. The number of carbonyl (C=O) groups is 1. The van der Waals surface area contributed by atoms with E-state index >= 15 is 0 Å². The van der Waals surface area contributed by atoms with Gasteiger partial charge in [-0.2, -0.15) is 13.2 Å². The van der Waals surface area contributed by atoms with Crippen molar-refractivity contribution in [3.05, 3.63) is 0 Å². The lowest BCUT2D eigenvalue weighted by Crippen LogP contribution is -2.40. The summed E-state index contributed by atoms with van der Waals surface area (Å²) in [6, 6.07) is 0. The number of hydrogen-bond acceptors (Lipinski definition) is 3. The van der Waals surface area contributed by atoms with Crippen molar-refractivity contribution < 1.29 is 22.7 Å². The molecule has 2 N–H and O–H groups in total. The summed E-state index contributed by atoms with van der Waals surface area (Å²) in [6.07, 6.45) is -3.32. The molecule has 0 aromatic rings. The summed E-state index contributed by atoms with van der Waals surface area (Å²) in [7, 11) is 0. The van der Waals surface area contributed by atoms with Gasteiger partial charge in [-0.05, 0) is 13.3 Å². The molecule has 0 saturated carbocycles. The number of rotatable bonds is 5. The van der Waals surface area contributed by atoms with Crippen LogP contribution in [0.3, 0.4) is 0 Å². The Morgan fingerprint density at radius 1 is 1.47 bits per heavy atom. The average Bonchev–Trinajstić information content (AvgIpc) is 2.59. The minimum absolute atomic E-state index is 0.0958. The zero-order valence-corrected chi connectivity index (χ0v) is 9.64. The summed E-state index contributed by atoms with van der Waals surface area (Å²) in [5.74, 6) is -0.171. The van der Waals surface area contributed by atoms with E-state index in [4.69, 9.17) is 4.74 Å². The number of carbonyl (C=O) groups excluding carboxylic acids is 1. The van der Waals surface area contributed by atoms with Crippen LogP contribution in [0.1, 0.15) is 13.3 Å². The van der Waals surface area contributed by atoms with Crippen LogP contribution in [-0.4, -0.2) is 44.4 Å². The molecule has 2 atom stereocenters. The van der Waals surface area contributed by atoms with E-state index in [0.717, 1.165) is 6.42 Å². The summed E-state index contributed by atoms with van der Waals surface area (Å²) in [6.45, 7) is 1.58. The van der Waals surface area contributed by atoms with Gasteiger partial charge in [0.1, 0.15) is 0 Å². The van der Waals surface area contributed by atoms with Gasteiger partial charge in [0.25, 0.3) is 0 Å². The second-order valence-electron chi connectivity index (χ2n) is 4.15. The average molecular weight is 254 g/mol. The Morgan fingerprint density at radius 2 is 2.18 bits per heavy atom. The first kappa shape index (κ1) is 14.2. The van der Waals surface area contributed by atoms with Crippen LogP contribution in [0.2, 0.25) is 0 Å². The topological polar surface area (TPSA) is 50.4 Å². The third kappa shape index (κ3) is 5.88. The van der Waals surface area contributed by atoms with Crippen molar-refractivity contribution in [2.24, 2.45) is 5.92 Å². The molecule has 1 rings (SSSR count). The lowest BCUT2D eigenvalue weighted by atomic mass is 10.0. The van der Waals surface area contributed by atoms with Crippen molar-refractivity contribution in [1.29, 1.82) is 0 Å². The van der Waals surface area contributed by atoms with Crippen LogP contribution in [0, 0.1) is 5.92 Å². The van der Waals surface area contributed by atoms with Crippen LogP contribution in [0.5, 0.6) is 0 Å². The van der Waals surface area contributed by atoms with Crippen molar-refractivity contribution in [2.75, 3.05) is 26.2 Å². The van der Waals surface area contributed by atoms with Gasteiger partial charge in [-0.3, -0.25) is 4.79 Å². The number of amides is 1. The van der Waals surface area contributed by atoms with E-state index < -0.39 is 18.6 Å². The van der Waals surface area contributed by atoms with Crippen LogP contribution in [0.15, 0.2) is 0 Å². The van der Waals surface area contributed by atoms with E-state index in [1.165, 1.54) is 0 Å². The molecule has 0 spiro atoms. The van der Waals surface area contributed by atoms with Gasteiger partial charge in [0.15, 0.2) is 0 Å². The van der Waals surface area contributed by atoms with E-state index in [0.29, 0.717) is 13.2 Å². The van der Waals surface area contributed by atoms with Crippen LogP contribution in [-0.2, 0) is 9.53 Å². The third-order valence-corrected chi connectivity index (χ3v) is 2.71. The van der Waals surface area contributed by atoms with Gasteiger partial charge in [-0.1, -0.05) is 0 Å². The second kappa shape index (κ2) is 6.20. The number of halogens is 3. The van der Waals surface area contributed by atoms with Crippen LogP contribution < -0.4 is 10.6 Å². The molecule has 0 radical (unpaired) electrons. The van der Waals surface area contributed by atoms with Crippen LogP contribution in [0.4, 0.5) is 13.2 Å². The Labute approximate surface area is 97.9 Å². The summed E-state index contributed by atoms with van der Waals surface area (Å²) in [5, 5.41) is 4.64. The van der Waals surface area contributed by atoms with E-state index in [1.54, 1.807) is 0 Å². The highest BCUT2D eigenvalue weighted by molar-refractivity contribution is 5.77. The summed E-state index contributed by atoms with van der Waals surface area (Å²) in [5.41, 5.74) is 0. The molecule has 100 valence electrons. The normalized spacial score (nSPS) is 24.9. The Hall–Kier alpha value is -0.820. The minimum Gasteiger partial charge on any atom is -0.378 e. The first-order valence-corrected chi connectivity index (χ1v) is 5.54. The van der Waals surface area contributed by atoms with Crippen LogP contribution >= 0.6 is 0 Å². The monoisotopic (exact) mass is 254 g/mol. The molecule has 7 heteroatoms. The molecular formula is C10H17F3N2O2. The molecule has 1 aliphatic heterocycles. The van der Waals surface area contributed by atoms with Gasteiger partial charge in [0, 0.05) is 19.1 Å². The highest BCUT2D eigenvalue weighted by Gasteiger charge is 2.27. The maximum Gasteiger partial charge on any atom is 0.401 e. The van der Waals surface area contributed by atoms with Crippen molar-refractivity contribution in [2.45, 2.75) is 25.6 Å². The molecule has 1 saturated heterocycles. The largest absolute Gasteiger partial charge is 0.401 e. The predicted molar refractivity (Wildman–Crippen MR) is 55.5 cm³/mol. The molecule has 0 bridgehead atoms. The van der Waals surface area contributed by atoms with Crippen molar-refractivity contribution in [1.82, 2.24) is 10.6 Å². The van der Waals surface area contributed by atoms with Crippen LogP contribution in [0.25, 0.3) is 0 Å². The molecule has 2 unspecified atom stereocenters. The van der Waals surface area contributed by atoms with E-state index in [2.05, 4.69) is 5.32 Å². The third-order valence-electron chi connectivity index (χ3n) is 2.71. The zero-order chi connectivity index (χ0) is 12.9. The highest BCUT2D eigenvalue weighted by atomic mass is 19.4. The Kier molecular flexibility index (Phi) is 5.20. The van der Waals surface area contributed by atoms with Crippen molar-refractivity contribution in [3.63, 3.8) is 0 Å². The molecular weight excluding hydrogens is 237 g/mol. The zero-order valence-electron chi connectivity index (χ0n) is 9.64. The van der Waals surface area contributed by atoms with Gasteiger partial charge >= 0.3 is 6.18 Å². The fraction of sp³-hybridized carbons (Fsp3) is 0.900. The summed E-state index contributed by atoms with van der Waals surface area (Å²) in [4.78, 5) is 11.2. The predicted octanol–water partition coefficient (Wildman–Crippen LogP) is 0.679. The smallest absolute Gasteiger partial charge is 0.378 e. The van der Waals surface area contributed by atoms with Gasteiger partial charge < -0.3 is 15.4 Å². The van der Waals surface area contributed by atoms with E-state index in [-0.39, 0.29) is 18.6 Å². The molecule has 0 aromatic heterocycles. The maximum absolute atomic E-state index is 11.8. The molecule has 1 amide bonds. The first-order chi connectivity index (χ1) is 7.88. The number of ether oxygens (including phenoxy) is 1. The Morgan fingerprint density at radius 3 is 2.71 bits per heavy atom. The number of hydrogen-bond donors (Lipinski definition) is 2. The lowest BCUT2D eigenvalue weighted by molar-refractivity contribution is -0.128. The molecule has 17 heavy (non-hydrogen) atoms. The van der Waals surface area contributed by atoms with Crippen molar-refractivity contribution in [3.8, 4) is 0 Å². The Balaban J connectivity index is 2.09. The number of alkyl halides is 3. The quantitative estimate of drug-likeness (QED) is 0.758. The van der Waals surface area contributed by atoms with E-state index in [1.807, 2.05) is 12.2 Å². The molecule has 4 nitrogen and oxygen atoms in total. The minimum atomic E-state index is -4.28. The summed E-state index contributed by atoms with van der Waals surface area (Å²) < 4.78 is 40.6. The first-order valence-electron chi connectivity index (χ1n) is 5.54. The SMILES string of the molecule is CC1OCCC1CNC(=O)CNCC(F)(F)F. The van der Waals surface area contributed by atoms with E-state index in [9.17, 15) is 18.0 Å². The maximum atomic E-state index is 11.8. The molecule has 1 fully saturated rings. The number of nitrogens with one attached hydrogen (secondary N) is 2. The van der Waals surface area contributed by atoms with Gasteiger partial charge in [-0.15, -0.1) is 0 Å². The lowest BCUT2D eigenvalue weighted by Gasteiger charge is -2.15. The second-order valence-corrected chi connectivity index (χ2v) is 4.15. The summed E-state index contributed by atoms with van der Waals surface area (Å²) >= 11 is 0. The van der Waals surface area contributed by atoms with Gasteiger partial charge in [-0.25, -0.2) is 0 Å². The Bertz CT molecular complexity index is 258. The van der Waals surface area contributed by atoms with Gasteiger partial charge in [0.2, 0.25) is 5.91 Å².